The van der Waals surface area contributed by atoms with Crippen LogP contribution < -0.4 is 14.8 Å². The summed E-state index contributed by atoms with van der Waals surface area (Å²) >= 11 is 1.38. The van der Waals surface area contributed by atoms with E-state index in [1.807, 2.05) is 12.3 Å². The van der Waals surface area contributed by atoms with E-state index in [-0.39, 0.29) is 17.0 Å². The van der Waals surface area contributed by atoms with Crippen molar-refractivity contribution in [3.8, 4) is 5.75 Å². The van der Waals surface area contributed by atoms with Gasteiger partial charge in [0, 0.05) is 18.1 Å². The van der Waals surface area contributed by atoms with Gasteiger partial charge < -0.3 is 10.1 Å². The van der Waals surface area contributed by atoms with Crippen LogP contribution in [-0.4, -0.2) is 33.5 Å². The Morgan fingerprint density at radius 2 is 2.13 bits per heavy atom. The van der Waals surface area contributed by atoms with Crippen LogP contribution in [0.2, 0.25) is 0 Å². The Hall–Kier alpha value is -1.97. The van der Waals surface area contributed by atoms with Gasteiger partial charge in [-0.2, -0.15) is 0 Å². The summed E-state index contributed by atoms with van der Waals surface area (Å²) in [6.45, 7) is 1.94. The number of methoxy groups -OCH3 is 1. The summed E-state index contributed by atoms with van der Waals surface area (Å²) in [6.07, 6.45) is 0. The summed E-state index contributed by atoms with van der Waals surface area (Å²) in [5.41, 5.74) is 0.999. The van der Waals surface area contributed by atoms with Crippen LogP contribution in [0.4, 0.5) is 0 Å². The molecule has 0 aliphatic rings. The summed E-state index contributed by atoms with van der Waals surface area (Å²) in [6, 6.07) is 4.13. The number of carbonyl (C=O) groups is 1. The molecule has 23 heavy (non-hydrogen) atoms. The van der Waals surface area contributed by atoms with Crippen molar-refractivity contribution in [3.63, 3.8) is 0 Å². The topological polar surface area (TPSA) is 97.4 Å². The molecule has 0 fully saturated rings. The lowest BCUT2D eigenvalue weighted by Gasteiger charge is -2.10. The fourth-order valence-electron chi connectivity index (χ4n) is 1.89. The Morgan fingerprint density at radius 1 is 1.39 bits per heavy atom. The maximum absolute atomic E-state index is 12.4. The maximum Gasteiger partial charge on any atom is 0.254 e. The van der Waals surface area contributed by atoms with Crippen LogP contribution in [0, 0.1) is 6.92 Å². The molecule has 2 N–H and O–H groups in total. The monoisotopic (exact) mass is 355 g/mol. The first-order chi connectivity index (χ1) is 10.9. The van der Waals surface area contributed by atoms with Crippen LogP contribution in [0.25, 0.3) is 0 Å². The van der Waals surface area contributed by atoms with Gasteiger partial charge in [0.05, 0.1) is 24.1 Å². The van der Waals surface area contributed by atoms with Crippen LogP contribution >= 0.6 is 11.3 Å². The number of amides is 1. The van der Waals surface area contributed by atoms with Gasteiger partial charge in [0.25, 0.3) is 5.91 Å². The molecule has 2 rings (SSSR count). The molecule has 0 aliphatic carbocycles. The zero-order valence-electron chi connectivity index (χ0n) is 12.9. The average molecular weight is 355 g/mol. The molecule has 1 amide bonds. The number of hydrogen-bond donors (Lipinski definition) is 2. The number of hydrogen-bond acceptors (Lipinski definition) is 6. The summed E-state index contributed by atoms with van der Waals surface area (Å²) in [5.74, 6) is -0.117. The van der Waals surface area contributed by atoms with Gasteiger partial charge in [0.15, 0.2) is 0 Å². The molecule has 124 valence electrons. The Bertz CT molecular complexity index is 815. The van der Waals surface area contributed by atoms with Crippen molar-refractivity contribution in [2.45, 2.75) is 18.4 Å². The molecular formula is C14H17N3O4S2. The molecule has 1 aromatic carbocycles. The zero-order valence-corrected chi connectivity index (χ0v) is 14.5. The van der Waals surface area contributed by atoms with E-state index in [2.05, 4.69) is 15.0 Å². The number of rotatable bonds is 6. The molecule has 0 saturated heterocycles. The number of nitrogens with zero attached hydrogens (tertiary/aromatic N) is 1. The van der Waals surface area contributed by atoms with Crippen molar-refractivity contribution >= 4 is 27.3 Å². The first-order valence-electron chi connectivity index (χ1n) is 6.68. The largest absolute Gasteiger partial charge is 0.496 e. The van der Waals surface area contributed by atoms with Gasteiger partial charge >= 0.3 is 0 Å². The number of sulfonamides is 1. The van der Waals surface area contributed by atoms with Crippen LogP contribution in [0.15, 0.2) is 28.5 Å². The number of nitrogens with one attached hydrogen (secondary N) is 2. The standard InChI is InChI=1S/C14H17N3O4S2/c1-9-8-22-13(17-9)7-16-23(19,20)10-4-5-12(21-3)11(6-10)14(18)15-2/h4-6,8,16H,7H2,1-3H3,(H,15,18). The number of aryl methyl sites for hydroxylation is 1. The highest BCUT2D eigenvalue weighted by atomic mass is 32.2. The van der Waals surface area contributed by atoms with Gasteiger partial charge in [0.1, 0.15) is 10.8 Å². The molecule has 0 radical (unpaired) electrons. The molecular weight excluding hydrogens is 338 g/mol. The van der Waals surface area contributed by atoms with Crippen molar-refractivity contribution in [1.82, 2.24) is 15.0 Å². The van der Waals surface area contributed by atoms with Gasteiger partial charge in [-0.15, -0.1) is 11.3 Å². The van der Waals surface area contributed by atoms with E-state index in [4.69, 9.17) is 4.74 Å². The molecule has 7 nitrogen and oxygen atoms in total. The van der Waals surface area contributed by atoms with Crippen molar-refractivity contribution < 1.29 is 17.9 Å². The van der Waals surface area contributed by atoms with E-state index in [1.165, 1.54) is 43.7 Å². The molecule has 0 spiro atoms. The average Bonchev–Trinajstić information content (AvgIpc) is 2.97. The number of benzene rings is 1. The SMILES string of the molecule is CNC(=O)c1cc(S(=O)(=O)NCc2nc(C)cs2)ccc1OC. The molecule has 9 heteroatoms. The predicted octanol–water partition coefficient (Wildman–Crippen LogP) is 1.30. The van der Waals surface area contributed by atoms with Crippen LogP contribution in [0.5, 0.6) is 5.75 Å². The summed E-state index contributed by atoms with van der Waals surface area (Å²) in [7, 11) is -0.877. The van der Waals surface area contributed by atoms with E-state index in [9.17, 15) is 13.2 Å². The molecule has 1 heterocycles. The smallest absolute Gasteiger partial charge is 0.254 e. The number of ether oxygens (including phenoxy) is 1. The Morgan fingerprint density at radius 3 is 2.70 bits per heavy atom. The highest BCUT2D eigenvalue weighted by molar-refractivity contribution is 7.89. The summed E-state index contributed by atoms with van der Waals surface area (Å²) in [5, 5.41) is 4.97. The minimum atomic E-state index is -3.76. The second kappa shape index (κ2) is 7.07. The molecule has 0 bridgehead atoms. The quantitative estimate of drug-likeness (QED) is 0.814. The van der Waals surface area contributed by atoms with Gasteiger partial charge in [-0.1, -0.05) is 0 Å². The third-order valence-corrected chi connectivity index (χ3v) is 5.40. The van der Waals surface area contributed by atoms with Crippen molar-refractivity contribution in [2.75, 3.05) is 14.2 Å². The van der Waals surface area contributed by atoms with Crippen LogP contribution in [0.3, 0.4) is 0 Å². The number of carbonyl (C=O) groups excluding carboxylic acids is 1. The van der Waals surface area contributed by atoms with E-state index >= 15 is 0 Å². The highest BCUT2D eigenvalue weighted by Gasteiger charge is 2.19. The number of aromatic nitrogens is 1. The lowest BCUT2D eigenvalue weighted by atomic mass is 10.2. The molecule has 0 atom stereocenters. The Kier molecular flexibility index (Phi) is 5.34. The normalized spacial score (nSPS) is 11.3. The van der Waals surface area contributed by atoms with Crippen molar-refractivity contribution in [2.24, 2.45) is 0 Å². The second-order valence-electron chi connectivity index (χ2n) is 4.65. The first-order valence-corrected chi connectivity index (χ1v) is 9.04. The van der Waals surface area contributed by atoms with E-state index in [0.29, 0.717) is 10.8 Å². The molecule has 0 aliphatic heterocycles. The van der Waals surface area contributed by atoms with Crippen LogP contribution in [0.1, 0.15) is 21.1 Å². The number of thiazole rings is 1. The van der Waals surface area contributed by atoms with Gasteiger partial charge in [-0.25, -0.2) is 18.1 Å². The van der Waals surface area contributed by atoms with E-state index < -0.39 is 15.9 Å². The molecule has 0 unspecified atom stereocenters. The third kappa shape index (κ3) is 4.06. The van der Waals surface area contributed by atoms with Gasteiger partial charge in [-0.3, -0.25) is 4.79 Å². The minimum absolute atomic E-state index is 0.00909. The predicted molar refractivity (Wildman–Crippen MR) is 87.3 cm³/mol. The van der Waals surface area contributed by atoms with E-state index in [0.717, 1.165) is 5.69 Å². The molecule has 0 saturated carbocycles. The highest BCUT2D eigenvalue weighted by Crippen LogP contribution is 2.22. The summed E-state index contributed by atoms with van der Waals surface area (Å²) in [4.78, 5) is 16.0. The van der Waals surface area contributed by atoms with Gasteiger partial charge in [0.2, 0.25) is 10.0 Å². The second-order valence-corrected chi connectivity index (χ2v) is 7.36. The Balaban J connectivity index is 2.26. The first kappa shape index (κ1) is 17.4. The fourth-order valence-corrected chi connectivity index (χ4v) is 3.71. The molecule has 1 aromatic heterocycles. The van der Waals surface area contributed by atoms with Crippen LogP contribution in [-0.2, 0) is 16.6 Å². The zero-order chi connectivity index (χ0) is 17.0. The minimum Gasteiger partial charge on any atom is -0.496 e. The molecule has 2 aromatic rings. The fraction of sp³-hybridized carbons (Fsp3) is 0.286. The summed E-state index contributed by atoms with van der Waals surface area (Å²) < 4.78 is 32.3. The van der Waals surface area contributed by atoms with Crippen molar-refractivity contribution in [1.29, 1.82) is 0 Å². The lowest BCUT2D eigenvalue weighted by molar-refractivity contribution is 0.0960. The lowest BCUT2D eigenvalue weighted by Crippen LogP contribution is -2.24. The maximum atomic E-state index is 12.4. The third-order valence-electron chi connectivity index (χ3n) is 3.03. The Labute approximate surface area is 138 Å². The van der Waals surface area contributed by atoms with E-state index in [1.54, 1.807) is 0 Å². The van der Waals surface area contributed by atoms with Gasteiger partial charge in [-0.05, 0) is 25.1 Å². The van der Waals surface area contributed by atoms with Crippen molar-refractivity contribution in [3.05, 3.63) is 39.8 Å².